The summed E-state index contributed by atoms with van der Waals surface area (Å²) in [5.74, 6) is 0.482. The predicted octanol–water partition coefficient (Wildman–Crippen LogP) is 1.68. The maximum Gasteiger partial charge on any atom is 0.146 e. The van der Waals surface area contributed by atoms with E-state index in [1.54, 1.807) is 10.7 Å². The van der Waals surface area contributed by atoms with Crippen molar-refractivity contribution in [2.45, 2.75) is 6.54 Å². The van der Waals surface area contributed by atoms with Crippen LogP contribution in [0.1, 0.15) is 5.69 Å². The SMILES string of the molecule is NCc1cc(N)nn1-c1cccc(Br)c1. The van der Waals surface area contributed by atoms with Gasteiger partial charge in [-0.05, 0) is 18.2 Å². The van der Waals surface area contributed by atoms with Gasteiger partial charge in [-0.15, -0.1) is 0 Å². The molecule has 2 rings (SSSR count). The second kappa shape index (κ2) is 4.04. The molecular formula is C10H11BrN4. The highest BCUT2D eigenvalue weighted by molar-refractivity contribution is 9.10. The Labute approximate surface area is 96.0 Å². The molecule has 0 aliphatic rings. The molecular weight excluding hydrogens is 256 g/mol. The Morgan fingerprint density at radius 2 is 2.13 bits per heavy atom. The number of nitrogens with zero attached hydrogens (tertiary/aromatic N) is 2. The molecule has 0 saturated carbocycles. The van der Waals surface area contributed by atoms with E-state index in [2.05, 4.69) is 21.0 Å². The monoisotopic (exact) mass is 266 g/mol. The van der Waals surface area contributed by atoms with Gasteiger partial charge in [0, 0.05) is 17.1 Å². The Hall–Kier alpha value is -1.33. The fraction of sp³-hybridized carbons (Fsp3) is 0.100. The summed E-state index contributed by atoms with van der Waals surface area (Å²) in [5, 5.41) is 4.19. The van der Waals surface area contributed by atoms with Crippen LogP contribution in [-0.2, 0) is 6.54 Å². The normalized spacial score (nSPS) is 10.5. The third-order valence-electron chi connectivity index (χ3n) is 2.06. The molecule has 0 aliphatic heterocycles. The number of nitrogens with two attached hydrogens (primary N) is 2. The zero-order valence-electron chi connectivity index (χ0n) is 8.02. The van der Waals surface area contributed by atoms with Crippen molar-refractivity contribution < 1.29 is 0 Å². The molecule has 1 aromatic heterocycles. The minimum Gasteiger partial charge on any atom is -0.382 e. The second-order valence-corrected chi connectivity index (χ2v) is 4.07. The summed E-state index contributed by atoms with van der Waals surface area (Å²) in [7, 11) is 0. The molecule has 0 amide bonds. The van der Waals surface area contributed by atoms with E-state index in [1.165, 1.54) is 0 Å². The molecule has 4 nitrogen and oxygen atoms in total. The maximum atomic E-state index is 5.63. The first-order valence-electron chi connectivity index (χ1n) is 4.51. The Morgan fingerprint density at radius 3 is 2.80 bits per heavy atom. The van der Waals surface area contributed by atoms with E-state index in [-0.39, 0.29) is 0 Å². The van der Waals surface area contributed by atoms with Gasteiger partial charge in [-0.25, -0.2) is 4.68 Å². The van der Waals surface area contributed by atoms with Crippen molar-refractivity contribution >= 4 is 21.7 Å². The van der Waals surface area contributed by atoms with Crippen LogP contribution in [0.5, 0.6) is 0 Å². The molecule has 0 bridgehead atoms. The van der Waals surface area contributed by atoms with Crippen molar-refractivity contribution in [2.75, 3.05) is 5.73 Å². The standard InChI is InChI=1S/C10H11BrN4/c11-7-2-1-3-8(4-7)15-9(6-12)5-10(13)14-15/h1-5H,6,12H2,(H2,13,14). The molecule has 2 aromatic rings. The molecule has 15 heavy (non-hydrogen) atoms. The molecule has 5 heteroatoms. The first-order chi connectivity index (χ1) is 7.20. The van der Waals surface area contributed by atoms with Crippen LogP contribution in [0.25, 0.3) is 5.69 Å². The predicted molar refractivity (Wildman–Crippen MR) is 63.6 cm³/mol. The van der Waals surface area contributed by atoms with E-state index in [0.29, 0.717) is 12.4 Å². The number of hydrogen-bond acceptors (Lipinski definition) is 3. The maximum absolute atomic E-state index is 5.63. The third-order valence-corrected chi connectivity index (χ3v) is 2.56. The van der Waals surface area contributed by atoms with Gasteiger partial charge in [-0.2, -0.15) is 5.10 Å². The molecule has 0 radical (unpaired) electrons. The van der Waals surface area contributed by atoms with E-state index in [9.17, 15) is 0 Å². The first-order valence-corrected chi connectivity index (χ1v) is 5.30. The molecule has 0 saturated heterocycles. The topological polar surface area (TPSA) is 69.9 Å². The Morgan fingerprint density at radius 1 is 1.33 bits per heavy atom. The minimum atomic E-state index is 0.413. The number of hydrogen-bond donors (Lipinski definition) is 2. The largest absolute Gasteiger partial charge is 0.382 e. The highest BCUT2D eigenvalue weighted by atomic mass is 79.9. The average Bonchev–Trinajstić information content (AvgIpc) is 2.59. The summed E-state index contributed by atoms with van der Waals surface area (Å²) in [6, 6.07) is 9.60. The number of anilines is 1. The highest BCUT2D eigenvalue weighted by Gasteiger charge is 2.06. The molecule has 1 aromatic carbocycles. The van der Waals surface area contributed by atoms with E-state index in [1.807, 2.05) is 24.3 Å². The molecule has 0 spiro atoms. The van der Waals surface area contributed by atoms with Crippen LogP contribution in [0.2, 0.25) is 0 Å². The van der Waals surface area contributed by atoms with E-state index in [4.69, 9.17) is 11.5 Å². The van der Waals surface area contributed by atoms with Gasteiger partial charge in [-0.1, -0.05) is 22.0 Å². The number of halogens is 1. The Balaban J connectivity index is 2.53. The number of nitrogen functional groups attached to an aromatic ring is 1. The second-order valence-electron chi connectivity index (χ2n) is 3.16. The van der Waals surface area contributed by atoms with E-state index in [0.717, 1.165) is 15.9 Å². The van der Waals surface area contributed by atoms with Crippen molar-refractivity contribution in [1.82, 2.24) is 9.78 Å². The number of aromatic nitrogens is 2. The van der Waals surface area contributed by atoms with Gasteiger partial charge in [0.15, 0.2) is 0 Å². The number of rotatable bonds is 2. The Bertz CT molecular complexity index is 478. The summed E-state index contributed by atoms with van der Waals surface area (Å²) in [5.41, 5.74) is 13.1. The lowest BCUT2D eigenvalue weighted by atomic mass is 10.3. The number of benzene rings is 1. The highest BCUT2D eigenvalue weighted by Crippen LogP contribution is 2.17. The lowest BCUT2D eigenvalue weighted by Gasteiger charge is -2.05. The van der Waals surface area contributed by atoms with Crippen molar-refractivity contribution in [1.29, 1.82) is 0 Å². The fourth-order valence-electron chi connectivity index (χ4n) is 1.42. The fourth-order valence-corrected chi connectivity index (χ4v) is 1.80. The van der Waals surface area contributed by atoms with Crippen LogP contribution >= 0.6 is 15.9 Å². The molecule has 0 aliphatic carbocycles. The quantitative estimate of drug-likeness (QED) is 0.869. The van der Waals surface area contributed by atoms with Gasteiger partial charge < -0.3 is 11.5 Å². The van der Waals surface area contributed by atoms with Crippen LogP contribution in [0.3, 0.4) is 0 Å². The lowest BCUT2D eigenvalue weighted by Crippen LogP contribution is -2.06. The molecule has 4 N–H and O–H groups in total. The molecule has 0 atom stereocenters. The van der Waals surface area contributed by atoms with Crippen LogP contribution in [0, 0.1) is 0 Å². The zero-order chi connectivity index (χ0) is 10.8. The first kappa shape index (κ1) is 10.2. The Kier molecular flexibility index (Phi) is 2.75. The van der Waals surface area contributed by atoms with Crippen molar-refractivity contribution in [2.24, 2.45) is 5.73 Å². The lowest BCUT2D eigenvalue weighted by molar-refractivity contribution is 0.806. The third kappa shape index (κ3) is 2.03. The minimum absolute atomic E-state index is 0.413. The van der Waals surface area contributed by atoms with Gasteiger partial charge in [-0.3, -0.25) is 0 Å². The molecule has 1 heterocycles. The van der Waals surface area contributed by atoms with Crippen LogP contribution in [0.15, 0.2) is 34.8 Å². The van der Waals surface area contributed by atoms with Gasteiger partial charge in [0.25, 0.3) is 0 Å². The molecule has 0 fully saturated rings. The van der Waals surface area contributed by atoms with Crippen LogP contribution in [-0.4, -0.2) is 9.78 Å². The summed E-state index contributed by atoms with van der Waals surface area (Å²) in [6.07, 6.45) is 0. The van der Waals surface area contributed by atoms with Crippen molar-refractivity contribution in [3.05, 3.63) is 40.5 Å². The smallest absolute Gasteiger partial charge is 0.146 e. The van der Waals surface area contributed by atoms with Crippen LogP contribution < -0.4 is 11.5 Å². The van der Waals surface area contributed by atoms with Gasteiger partial charge in [0.2, 0.25) is 0 Å². The van der Waals surface area contributed by atoms with Gasteiger partial charge in [0.1, 0.15) is 5.82 Å². The van der Waals surface area contributed by atoms with Gasteiger partial charge >= 0.3 is 0 Å². The zero-order valence-corrected chi connectivity index (χ0v) is 9.61. The molecule has 0 unspecified atom stereocenters. The van der Waals surface area contributed by atoms with Gasteiger partial charge in [0.05, 0.1) is 11.4 Å². The van der Waals surface area contributed by atoms with Crippen molar-refractivity contribution in [3.63, 3.8) is 0 Å². The van der Waals surface area contributed by atoms with E-state index < -0.39 is 0 Å². The summed E-state index contributed by atoms with van der Waals surface area (Å²) in [4.78, 5) is 0. The van der Waals surface area contributed by atoms with Crippen molar-refractivity contribution in [3.8, 4) is 5.69 Å². The van der Waals surface area contributed by atoms with Crippen LogP contribution in [0.4, 0.5) is 5.82 Å². The van der Waals surface area contributed by atoms with E-state index >= 15 is 0 Å². The summed E-state index contributed by atoms with van der Waals surface area (Å²) < 4.78 is 2.75. The summed E-state index contributed by atoms with van der Waals surface area (Å²) in [6.45, 7) is 0.413. The molecule has 78 valence electrons. The summed E-state index contributed by atoms with van der Waals surface area (Å²) >= 11 is 3.41. The average molecular weight is 267 g/mol.